The van der Waals surface area contributed by atoms with Gasteiger partial charge in [0.15, 0.2) is 6.04 Å². The molecule has 0 aliphatic rings. The van der Waals surface area contributed by atoms with Gasteiger partial charge in [-0.05, 0) is 39.0 Å². The molecule has 0 bridgehead atoms. The minimum absolute atomic E-state index is 0.214. The molecule has 0 saturated carbocycles. The number of hydrogen-bond donors (Lipinski definition) is 2. The van der Waals surface area contributed by atoms with Crippen LogP contribution in [0.2, 0.25) is 0 Å². The number of esters is 1. The van der Waals surface area contributed by atoms with Gasteiger partial charge >= 0.3 is 5.97 Å². The van der Waals surface area contributed by atoms with Gasteiger partial charge in [-0.1, -0.05) is 70.4 Å². The third-order valence-electron chi connectivity index (χ3n) is 4.92. The van der Waals surface area contributed by atoms with Crippen LogP contribution in [-0.4, -0.2) is 36.2 Å². The average Bonchev–Trinajstić information content (AvgIpc) is 2.68. The first-order valence-electron chi connectivity index (χ1n) is 11.2. The molecule has 28 heavy (non-hydrogen) atoms. The van der Waals surface area contributed by atoms with Crippen LogP contribution in [-0.2, 0) is 14.3 Å². The Morgan fingerprint density at radius 1 is 0.893 bits per heavy atom. The molecule has 1 amide bonds. The largest absolute Gasteiger partial charge is 0.467 e. The predicted molar refractivity (Wildman–Crippen MR) is 115 cm³/mol. The molecule has 164 valence electrons. The van der Waals surface area contributed by atoms with Crippen LogP contribution >= 0.6 is 0 Å². The van der Waals surface area contributed by atoms with E-state index >= 15 is 0 Å². The van der Waals surface area contributed by atoms with Gasteiger partial charge in [-0.25, -0.2) is 4.79 Å². The van der Waals surface area contributed by atoms with Crippen LogP contribution in [0.4, 0.5) is 0 Å². The number of aliphatic hydroxyl groups excluding tert-OH is 1. The summed E-state index contributed by atoms with van der Waals surface area (Å²) in [6, 6.07) is -0.986. The summed E-state index contributed by atoms with van der Waals surface area (Å²) in [5.74, 6) is -0.832. The second-order valence-corrected chi connectivity index (χ2v) is 7.64. The van der Waals surface area contributed by atoms with Crippen molar-refractivity contribution in [3.63, 3.8) is 0 Å². The highest BCUT2D eigenvalue weighted by atomic mass is 16.5. The number of aliphatic hydroxyl groups is 1. The fraction of sp³-hybridized carbons (Fsp3) is 0.826. The average molecular weight is 398 g/mol. The Balaban J connectivity index is 3.52. The summed E-state index contributed by atoms with van der Waals surface area (Å²) in [6.07, 6.45) is 19.8. The van der Waals surface area contributed by atoms with Gasteiger partial charge in [0, 0.05) is 6.42 Å². The highest BCUT2D eigenvalue weighted by Crippen LogP contribution is 2.10. The molecule has 0 aromatic rings. The summed E-state index contributed by atoms with van der Waals surface area (Å²) in [7, 11) is 1.24. The normalized spacial score (nSPS) is 13.4. The molecule has 0 aliphatic heterocycles. The number of carbonyl (C=O) groups excluding carboxylic acids is 2. The number of carbonyl (C=O) groups is 2. The lowest BCUT2D eigenvalue weighted by atomic mass is 10.1. The van der Waals surface area contributed by atoms with Crippen LogP contribution in [0.3, 0.4) is 0 Å². The van der Waals surface area contributed by atoms with E-state index in [0.29, 0.717) is 6.42 Å². The number of nitrogens with one attached hydrogen (secondary N) is 1. The fourth-order valence-electron chi connectivity index (χ4n) is 3.11. The Hall–Kier alpha value is -1.36. The zero-order valence-corrected chi connectivity index (χ0v) is 18.4. The number of hydrogen-bond acceptors (Lipinski definition) is 4. The summed E-state index contributed by atoms with van der Waals surface area (Å²) < 4.78 is 4.59. The van der Waals surface area contributed by atoms with E-state index in [1.54, 1.807) is 0 Å². The van der Waals surface area contributed by atoms with Gasteiger partial charge in [0.05, 0.1) is 13.2 Å². The van der Waals surface area contributed by atoms with Crippen molar-refractivity contribution in [2.75, 3.05) is 7.11 Å². The van der Waals surface area contributed by atoms with Crippen molar-refractivity contribution in [3.05, 3.63) is 12.2 Å². The summed E-state index contributed by atoms with van der Waals surface area (Å²) in [5.41, 5.74) is 0. The first kappa shape index (κ1) is 26.6. The minimum atomic E-state index is -0.986. The molecule has 0 radical (unpaired) electrons. The molecule has 0 aliphatic carbocycles. The first-order chi connectivity index (χ1) is 13.5. The van der Waals surface area contributed by atoms with Crippen LogP contribution in [0.1, 0.15) is 104 Å². The number of amides is 1. The Labute approximate surface area is 172 Å². The van der Waals surface area contributed by atoms with Crippen molar-refractivity contribution in [2.24, 2.45) is 0 Å². The minimum Gasteiger partial charge on any atom is -0.467 e. The van der Waals surface area contributed by atoms with Crippen LogP contribution in [0.5, 0.6) is 0 Å². The number of allylic oxidation sites excluding steroid dienone is 2. The predicted octanol–water partition coefficient (Wildman–Crippen LogP) is 5.06. The topological polar surface area (TPSA) is 75.6 Å². The van der Waals surface area contributed by atoms with Crippen molar-refractivity contribution >= 4 is 11.9 Å². The molecule has 5 heteroatoms. The standard InChI is InChI=1S/C23H43NO4/c1-4-5-6-7-8-9-10-11-12-13-14-15-16-17-18-19-21(26)24-22(20(2)25)23(27)28-3/h11-12,20,22,25H,4-10,13-19H2,1-3H3,(H,24,26)/b12-11-/t20-,22+/m1/s1. The van der Waals surface area contributed by atoms with E-state index < -0.39 is 18.1 Å². The maximum atomic E-state index is 11.9. The van der Waals surface area contributed by atoms with Gasteiger partial charge in [0.25, 0.3) is 0 Å². The molecule has 5 nitrogen and oxygen atoms in total. The zero-order valence-electron chi connectivity index (χ0n) is 18.4. The molecule has 0 heterocycles. The lowest BCUT2D eigenvalue weighted by Crippen LogP contribution is -2.48. The first-order valence-corrected chi connectivity index (χ1v) is 11.2. The zero-order chi connectivity index (χ0) is 21.0. The molecule has 0 saturated heterocycles. The van der Waals surface area contributed by atoms with Crippen molar-refractivity contribution < 1.29 is 19.4 Å². The quantitative estimate of drug-likeness (QED) is 0.192. The van der Waals surface area contributed by atoms with E-state index in [2.05, 4.69) is 29.1 Å². The maximum absolute atomic E-state index is 11.9. The number of ether oxygens (including phenoxy) is 1. The molecule has 2 atom stereocenters. The molecule has 0 rings (SSSR count). The Morgan fingerprint density at radius 2 is 1.39 bits per heavy atom. The van der Waals surface area contributed by atoms with Crippen molar-refractivity contribution in [1.82, 2.24) is 5.32 Å². The number of rotatable bonds is 18. The van der Waals surface area contributed by atoms with E-state index in [-0.39, 0.29) is 5.91 Å². The van der Waals surface area contributed by atoms with Crippen molar-refractivity contribution in [2.45, 2.75) is 116 Å². The van der Waals surface area contributed by atoms with E-state index in [1.807, 2.05) is 0 Å². The third kappa shape index (κ3) is 15.7. The number of methoxy groups -OCH3 is 1. The van der Waals surface area contributed by atoms with Gasteiger partial charge < -0.3 is 15.2 Å². The summed E-state index contributed by atoms with van der Waals surface area (Å²) in [6.45, 7) is 3.71. The molecule has 0 spiro atoms. The monoisotopic (exact) mass is 397 g/mol. The Kier molecular flexibility index (Phi) is 18.1. The van der Waals surface area contributed by atoms with Crippen LogP contribution in [0.25, 0.3) is 0 Å². The maximum Gasteiger partial charge on any atom is 0.331 e. The smallest absolute Gasteiger partial charge is 0.331 e. The summed E-state index contributed by atoms with van der Waals surface area (Å²) in [4.78, 5) is 23.4. The van der Waals surface area contributed by atoms with Crippen LogP contribution in [0.15, 0.2) is 12.2 Å². The highest BCUT2D eigenvalue weighted by Gasteiger charge is 2.25. The molecule has 2 N–H and O–H groups in total. The van der Waals surface area contributed by atoms with Gasteiger partial charge in [-0.2, -0.15) is 0 Å². The Morgan fingerprint density at radius 3 is 1.89 bits per heavy atom. The lowest BCUT2D eigenvalue weighted by molar-refractivity contribution is -0.148. The molecular formula is C23H43NO4. The second-order valence-electron chi connectivity index (χ2n) is 7.64. The SMILES string of the molecule is CCCCCCCC/C=C\CCCCCCCC(=O)N[C@H](C(=O)OC)[C@@H](C)O. The van der Waals surface area contributed by atoms with E-state index in [0.717, 1.165) is 25.7 Å². The molecule has 0 fully saturated rings. The molecular weight excluding hydrogens is 354 g/mol. The summed E-state index contributed by atoms with van der Waals surface area (Å²) in [5, 5.41) is 12.1. The third-order valence-corrected chi connectivity index (χ3v) is 4.92. The number of unbranched alkanes of at least 4 members (excludes halogenated alkanes) is 11. The van der Waals surface area contributed by atoms with E-state index in [1.165, 1.54) is 71.8 Å². The van der Waals surface area contributed by atoms with Gasteiger partial charge in [-0.3, -0.25) is 4.79 Å². The second kappa shape index (κ2) is 19.0. The van der Waals surface area contributed by atoms with Gasteiger partial charge in [0.2, 0.25) is 5.91 Å². The van der Waals surface area contributed by atoms with E-state index in [9.17, 15) is 14.7 Å². The molecule has 0 aromatic heterocycles. The van der Waals surface area contributed by atoms with Crippen molar-refractivity contribution in [1.29, 1.82) is 0 Å². The summed E-state index contributed by atoms with van der Waals surface area (Å²) >= 11 is 0. The van der Waals surface area contributed by atoms with Gasteiger partial charge in [-0.15, -0.1) is 0 Å². The lowest BCUT2D eigenvalue weighted by Gasteiger charge is -2.18. The Bertz CT molecular complexity index is 421. The molecule has 0 aromatic carbocycles. The van der Waals surface area contributed by atoms with Gasteiger partial charge in [0.1, 0.15) is 0 Å². The fourth-order valence-corrected chi connectivity index (χ4v) is 3.11. The van der Waals surface area contributed by atoms with Crippen LogP contribution < -0.4 is 5.32 Å². The highest BCUT2D eigenvalue weighted by molar-refractivity contribution is 5.84. The van der Waals surface area contributed by atoms with E-state index in [4.69, 9.17) is 0 Å². The van der Waals surface area contributed by atoms with Crippen LogP contribution in [0, 0.1) is 0 Å². The van der Waals surface area contributed by atoms with Crippen molar-refractivity contribution in [3.8, 4) is 0 Å². The molecule has 0 unspecified atom stereocenters.